The summed E-state index contributed by atoms with van der Waals surface area (Å²) in [5, 5.41) is 25.7. The Bertz CT molecular complexity index is 764. The number of nitrogens with two attached hydrogens (primary N) is 2. The van der Waals surface area contributed by atoms with Gasteiger partial charge in [-0.1, -0.05) is 13.8 Å². The van der Waals surface area contributed by atoms with E-state index >= 15 is 0 Å². The fourth-order valence-electron chi connectivity index (χ4n) is 2.99. The lowest BCUT2D eigenvalue weighted by Crippen LogP contribution is -2.57. The molecule has 9 N–H and O–H groups in total. The van der Waals surface area contributed by atoms with Gasteiger partial charge in [-0.2, -0.15) is 11.8 Å². The normalized spacial score (nSPS) is 14.3. The average Bonchev–Trinajstić information content (AvgIpc) is 2.76. The second-order valence-corrected chi connectivity index (χ2v) is 9.46. The van der Waals surface area contributed by atoms with Crippen molar-refractivity contribution in [3.63, 3.8) is 0 Å². The van der Waals surface area contributed by atoms with Gasteiger partial charge in [0.05, 0.1) is 6.04 Å². The molecule has 0 spiro atoms. The van der Waals surface area contributed by atoms with E-state index in [4.69, 9.17) is 16.6 Å². The van der Waals surface area contributed by atoms with Gasteiger partial charge in [-0.25, -0.2) is 4.79 Å². The first kappa shape index (κ1) is 32.1. The second kappa shape index (κ2) is 16.7. The molecule has 0 saturated carbocycles. The van der Waals surface area contributed by atoms with Gasteiger partial charge in [0.25, 0.3) is 0 Å². The molecule has 0 aromatic carbocycles. The first-order valence-electron chi connectivity index (χ1n) is 11.2. The molecule has 35 heavy (non-hydrogen) atoms. The molecule has 0 radical (unpaired) electrons. The molecule has 4 atom stereocenters. The third kappa shape index (κ3) is 14.2. The lowest BCUT2D eigenvalue weighted by Gasteiger charge is -2.25. The van der Waals surface area contributed by atoms with Crippen LogP contribution in [0.3, 0.4) is 0 Å². The zero-order valence-corrected chi connectivity index (χ0v) is 21.1. The predicted octanol–water partition coefficient (Wildman–Crippen LogP) is -1.22. The summed E-state index contributed by atoms with van der Waals surface area (Å²) < 4.78 is 0. The van der Waals surface area contributed by atoms with Gasteiger partial charge in [-0.3, -0.25) is 24.0 Å². The van der Waals surface area contributed by atoms with Crippen molar-refractivity contribution in [3.05, 3.63) is 0 Å². The third-order valence-electron chi connectivity index (χ3n) is 4.88. The van der Waals surface area contributed by atoms with Gasteiger partial charge in [0.1, 0.15) is 18.1 Å². The molecule has 200 valence electrons. The molecule has 4 amide bonds. The molecule has 13 nitrogen and oxygen atoms in total. The van der Waals surface area contributed by atoms with E-state index in [1.807, 2.05) is 0 Å². The van der Waals surface area contributed by atoms with E-state index in [2.05, 4.69) is 16.0 Å². The standard InChI is InChI=1S/C21H37N5O8S/c1-11(2)10-15(21(33)34)26-19(31)13(5-7-17(28)29)25-20(32)14(8-9-35-3)24-18(30)12(22)4-6-16(23)27/h11-15H,4-10,22H2,1-3H3,(H2,23,27)(H,24,30)(H,25,32)(H,26,31)(H,28,29)(H,33,34). The first-order valence-corrected chi connectivity index (χ1v) is 12.6. The molecule has 0 fully saturated rings. The van der Waals surface area contributed by atoms with Crippen molar-refractivity contribution in [1.29, 1.82) is 0 Å². The molecule has 0 aliphatic carbocycles. The summed E-state index contributed by atoms with van der Waals surface area (Å²) in [6.07, 6.45) is 1.22. The fraction of sp³-hybridized carbons (Fsp3) is 0.714. The molecule has 4 unspecified atom stereocenters. The molecule has 0 bridgehead atoms. The van der Waals surface area contributed by atoms with E-state index in [9.17, 15) is 33.9 Å². The van der Waals surface area contributed by atoms with Crippen LogP contribution in [0.15, 0.2) is 0 Å². The van der Waals surface area contributed by atoms with Gasteiger partial charge >= 0.3 is 11.9 Å². The summed E-state index contributed by atoms with van der Waals surface area (Å²) in [6.45, 7) is 3.55. The highest BCUT2D eigenvalue weighted by Gasteiger charge is 2.30. The first-order chi connectivity index (χ1) is 16.3. The van der Waals surface area contributed by atoms with Crippen LogP contribution in [0.5, 0.6) is 0 Å². The number of carboxylic acid groups (broad SMARTS) is 2. The number of rotatable bonds is 18. The SMILES string of the molecule is CSCCC(NC(=O)C(N)CCC(N)=O)C(=O)NC(CCC(=O)O)C(=O)NC(CC(C)C)C(=O)O. The summed E-state index contributed by atoms with van der Waals surface area (Å²) >= 11 is 1.41. The Kier molecular flexibility index (Phi) is 15.3. The number of hydrogen-bond donors (Lipinski definition) is 7. The molecule has 0 saturated heterocycles. The zero-order chi connectivity index (χ0) is 27.1. The Morgan fingerprint density at radius 3 is 1.77 bits per heavy atom. The van der Waals surface area contributed by atoms with Gasteiger partial charge in [0, 0.05) is 12.8 Å². The number of thioether (sulfide) groups is 1. The molecule has 0 heterocycles. The van der Waals surface area contributed by atoms with Gasteiger partial charge in [0.2, 0.25) is 23.6 Å². The summed E-state index contributed by atoms with van der Waals surface area (Å²) in [5.41, 5.74) is 10.8. The minimum absolute atomic E-state index is 0.0197. The largest absolute Gasteiger partial charge is 0.481 e. The Labute approximate surface area is 208 Å². The van der Waals surface area contributed by atoms with Crippen LogP contribution in [0.4, 0.5) is 0 Å². The van der Waals surface area contributed by atoms with E-state index in [1.165, 1.54) is 11.8 Å². The highest BCUT2D eigenvalue weighted by atomic mass is 32.2. The van der Waals surface area contributed by atoms with Crippen LogP contribution in [0.2, 0.25) is 0 Å². The van der Waals surface area contributed by atoms with Crippen molar-refractivity contribution in [3.8, 4) is 0 Å². The summed E-state index contributed by atoms with van der Waals surface area (Å²) in [6, 6.07) is -4.75. The number of carbonyl (C=O) groups is 6. The minimum atomic E-state index is -1.34. The van der Waals surface area contributed by atoms with Gasteiger partial charge < -0.3 is 37.6 Å². The summed E-state index contributed by atoms with van der Waals surface area (Å²) in [7, 11) is 0. The number of carbonyl (C=O) groups excluding carboxylic acids is 4. The predicted molar refractivity (Wildman–Crippen MR) is 129 cm³/mol. The van der Waals surface area contributed by atoms with Crippen LogP contribution < -0.4 is 27.4 Å². The monoisotopic (exact) mass is 519 g/mol. The molecule has 0 aliphatic rings. The van der Waals surface area contributed by atoms with Crippen LogP contribution in [0.25, 0.3) is 0 Å². The third-order valence-corrected chi connectivity index (χ3v) is 5.53. The van der Waals surface area contributed by atoms with E-state index in [0.29, 0.717) is 5.75 Å². The van der Waals surface area contributed by atoms with Crippen molar-refractivity contribution in [2.75, 3.05) is 12.0 Å². The topological polar surface area (TPSA) is 231 Å². The molecule has 0 rings (SSSR count). The molecule has 14 heteroatoms. The maximum Gasteiger partial charge on any atom is 0.326 e. The zero-order valence-electron chi connectivity index (χ0n) is 20.2. The number of nitrogens with one attached hydrogen (secondary N) is 3. The van der Waals surface area contributed by atoms with E-state index in [1.54, 1.807) is 20.1 Å². The van der Waals surface area contributed by atoms with Crippen LogP contribution >= 0.6 is 11.8 Å². The van der Waals surface area contributed by atoms with Crippen LogP contribution in [-0.2, 0) is 28.8 Å². The number of carboxylic acids is 2. The highest BCUT2D eigenvalue weighted by molar-refractivity contribution is 7.98. The molecular weight excluding hydrogens is 482 g/mol. The van der Waals surface area contributed by atoms with E-state index in [-0.39, 0.29) is 38.0 Å². The summed E-state index contributed by atoms with van der Waals surface area (Å²) in [5.74, 6) is -4.97. The molecular formula is C21H37N5O8S. The lowest BCUT2D eigenvalue weighted by atomic mass is 10.0. The number of primary amides is 1. The lowest BCUT2D eigenvalue weighted by molar-refractivity contribution is -0.143. The number of hydrogen-bond acceptors (Lipinski definition) is 8. The second-order valence-electron chi connectivity index (χ2n) is 8.48. The smallest absolute Gasteiger partial charge is 0.326 e. The van der Waals surface area contributed by atoms with Gasteiger partial charge in [-0.05, 0) is 43.6 Å². The summed E-state index contributed by atoms with van der Waals surface area (Å²) in [4.78, 5) is 71.6. The minimum Gasteiger partial charge on any atom is -0.481 e. The van der Waals surface area contributed by atoms with E-state index < -0.39 is 66.2 Å². The molecule has 0 aliphatic heterocycles. The quantitative estimate of drug-likeness (QED) is 0.114. The van der Waals surface area contributed by atoms with Crippen molar-refractivity contribution in [2.45, 2.75) is 76.5 Å². The fourth-order valence-corrected chi connectivity index (χ4v) is 3.46. The Morgan fingerprint density at radius 1 is 0.800 bits per heavy atom. The average molecular weight is 520 g/mol. The van der Waals surface area contributed by atoms with Crippen molar-refractivity contribution in [2.24, 2.45) is 17.4 Å². The Hall–Kier alpha value is -2.87. The van der Waals surface area contributed by atoms with Crippen LogP contribution in [-0.4, -0.2) is 82.0 Å². The molecule has 0 aromatic rings. The number of aliphatic carboxylic acids is 2. The Balaban J connectivity index is 5.51. The van der Waals surface area contributed by atoms with Crippen molar-refractivity contribution < 1.29 is 39.0 Å². The maximum absolute atomic E-state index is 12.9. The van der Waals surface area contributed by atoms with Crippen molar-refractivity contribution >= 4 is 47.3 Å². The van der Waals surface area contributed by atoms with Crippen molar-refractivity contribution in [1.82, 2.24) is 16.0 Å². The number of amides is 4. The molecule has 0 aromatic heterocycles. The van der Waals surface area contributed by atoms with Gasteiger partial charge in [-0.15, -0.1) is 0 Å². The highest BCUT2D eigenvalue weighted by Crippen LogP contribution is 2.08. The van der Waals surface area contributed by atoms with Gasteiger partial charge in [0.15, 0.2) is 0 Å². The van der Waals surface area contributed by atoms with Crippen LogP contribution in [0.1, 0.15) is 52.4 Å². The Morgan fingerprint density at radius 2 is 1.31 bits per heavy atom. The van der Waals surface area contributed by atoms with E-state index in [0.717, 1.165) is 0 Å². The maximum atomic E-state index is 12.9. The van der Waals surface area contributed by atoms with Crippen LogP contribution in [0, 0.1) is 5.92 Å².